The van der Waals surface area contributed by atoms with Crippen LogP contribution in [0.15, 0.2) is 30.3 Å². The Morgan fingerprint density at radius 1 is 1.14 bits per heavy atom. The summed E-state index contributed by atoms with van der Waals surface area (Å²) in [6, 6.07) is 7.12. The van der Waals surface area contributed by atoms with Gasteiger partial charge in [-0.3, -0.25) is 14.9 Å². The fourth-order valence-electron chi connectivity index (χ4n) is 4.83. The minimum absolute atomic E-state index is 0.0470. The molecule has 1 aliphatic carbocycles. The molecule has 1 aliphatic heterocycles. The smallest absolute Gasteiger partial charge is 0.326 e. The molecule has 1 heterocycles. The molecule has 1 saturated heterocycles. The van der Waals surface area contributed by atoms with E-state index in [2.05, 4.69) is 5.32 Å². The fourth-order valence-corrected chi connectivity index (χ4v) is 4.83. The lowest BCUT2D eigenvalue weighted by molar-refractivity contribution is -0.151. The number of carbonyl (C=O) groups excluding carboxylic acids is 1. The molecule has 7 heteroatoms. The van der Waals surface area contributed by atoms with Gasteiger partial charge in [0.05, 0.1) is 6.04 Å². The molecule has 1 aromatic rings. The first kappa shape index (κ1) is 21.3. The highest BCUT2D eigenvalue weighted by Crippen LogP contribution is 2.40. The van der Waals surface area contributed by atoms with Crippen LogP contribution in [0.25, 0.3) is 0 Å². The number of carboxylic acid groups (broad SMARTS) is 2. The van der Waals surface area contributed by atoms with Gasteiger partial charge in [0.25, 0.3) is 0 Å². The molecule has 1 aromatic carbocycles. The highest BCUT2D eigenvalue weighted by atomic mass is 16.4. The van der Waals surface area contributed by atoms with Gasteiger partial charge < -0.3 is 15.1 Å². The number of rotatable bonds is 8. The third-order valence-corrected chi connectivity index (χ3v) is 6.31. The maximum Gasteiger partial charge on any atom is 0.326 e. The quantitative estimate of drug-likeness (QED) is 0.616. The Balaban J connectivity index is 1.66. The van der Waals surface area contributed by atoms with Gasteiger partial charge in [0.2, 0.25) is 5.91 Å². The topological polar surface area (TPSA) is 107 Å². The van der Waals surface area contributed by atoms with Crippen molar-refractivity contribution in [3.05, 3.63) is 35.9 Å². The van der Waals surface area contributed by atoms with Crippen molar-refractivity contribution in [2.75, 3.05) is 0 Å². The Hall–Kier alpha value is -2.41. The molecular weight excluding hydrogens is 372 g/mol. The standard InChI is InChI=1S/C22H30N2O5/c1-14(23-17(21(26)27)12-11-15-7-3-2-4-8-15)20(25)24-18-10-6-5-9-16(18)13-19(24)22(28)29/h2-4,7-8,14,16-19,23H,5-6,9-13H2,1H3,(H,26,27)(H,28,29)/t14?,16-,17-,18-,19-/m0/s1. The van der Waals surface area contributed by atoms with E-state index in [9.17, 15) is 24.6 Å². The normalized spacial score (nSPS) is 25.8. The number of fused-ring (bicyclic) bond motifs is 1. The number of hydrogen-bond donors (Lipinski definition) is 3. The van der Waals surface area contributed by atoms with E-state index >= 15 is 0 Å². The van der Waals surface area contributed by atoms with E-state index in [4.69, 9.17) is 0 Å². The zero-order chi connectivity index (χ0) is 21.0. The minimum atomic E-state index is -1.01. The summed E-state index contributed by atoms with van der Waals surface area (Å²) in [4.78, 5) is 38.2. The first-order chi connectivity index (χ1) is 13.9. The molecule has 7 nitrogen and oxygen atoms in total. The highest BCUT2D eigenvalue weighted by molar-refractivity contribution is 5.88. The molecule has 5 atom stereocenters. The van der Waals surface area contributed by atoms with Gasteiger partial charge >= 0.3 is 11.9 Å². The van der Waals surface area contributed by atoms with E-state index < -0.39 is 30.1 Å². The Bertz CT molecular complexity index is 738. The first-order valence-corrected chi connectivity index (χ1v) is 10.5. The summed E-state index contributed by atoms with van der Waals surface area (Å²) in [7, 11) is 0. The number of hydrogen-bond acceptors (Lipinski definition) is 4. The van der Waals surface area contributed by atoms with Crippen LogP contribution in [-0.2, 0) is 20.8 Å². The summed E-state index contributed by atoms with van der Waals surface area (Å²) in [5.74, 6) is -2.06. The lowest BCUT2D eigenvalue weighted by Gasteiger charge is -2.35. The van der Waals surface area contributed by atoms with Gasteiger partial charge in [0, 0.05) is 6.04 Å². The molecular formula is C22H30N2O5. The van der Waals surface area contributed by atoms with Crippen molar-refractivity contribution in [2.45, 2.75) is 76.0 Å². The number of nitrogens with one attached hydrogen (secondary N) is 1. The molecule has 3 rings (SSSR count). The van der Waals surface area contributed by atoms with Crippen LogP contribution in [0.4, 0.5) is 0 Å². The van der Waals surface area contributed by atoms with E-state index in [1.165, 1.54) is 4.90 Å². The number of benzene rings is 1. The first-order valence-electron chi connectivity index (χ1n) is 10.5. The van der Waals surface area contributed by atoms with Crippen LogP contribution in [0.1, 0.15) is 51.0 Å². The average molecular weight is 402 g/mol. The summed E-state index contributed by atoms with van der Waals surface area (Å²) in [6.45, 7) is 1.63. The second-order valence-electron chi connectivity index (χ2n) is 8.25. The van der Waals surface area contributed by atoms with Gasteiger partial charge in [0.1, 0.15) is 12.1 Å². The van der Waals surface area contributed by atoms with E-state index in [1.54, 1.807) is 6.92 Å². The van der Waals surface area contributed by atoms with Crippen molar-refractivity contribution < 1.29 is 24.6 Å². The SMILES string of the molecule is CC(N[C@@H](CCc1ccccc1)C(=O)O)C(=O)N1[C@H](C(=O)O)C[C@@H]2CCCC[C@@H]21. The van der Waals surface area contributed by atoms with Crippen LogP contribution in [0, 0.1) is 5.92 Å². The predicted molar refractivity (Wildman–Crippen MR) is 107 cm³/mol. The average Bonchev–Trinajstić information content (AvgIpc) is 3.10. The lowest BCUT2D eigenvalue weighted by Crippen LogP contribution is -2.55. The van der Waals surface area contributed by atoms with E-state index in [0.29, 0.717) is 19.3 Å². The Morgan fingerprint density at radius 2 is 1.83 bits per heavy atom. The molecule has 1 unspecified atom stereocenters. The van der Waals surface area contributed by atoms with Gasteiger partial charge in [-0.15, -0.1) is 0 Å². The van der Waals surface area contributed by atoms with Gasteiger partial charge in [-0.05, 0) is 50.5 Å². The molecule has 1 saturated carbocycles. The number of carbonyl (C=O) groups is 3. The predicted octanol–water partition coefficient (Wildman–Crippen LogP) is 2.29. The van der Waals surface area contributed by atoms with E-state index in [0.717, 1.165) is 31.2 Å². The van der Waals surface area contributed by atoms with E-state index in [1.807, 2.05) is 30.3 Å². The van der Waals surface area contributed by atoms with Crippen molar-refractivity contribution in [3.8, 4) is 0 Å². The van der Waals surface area contributed by atoms with Crippen LogP contribution >= 0.6 is 0 Å². The number of carboxylic acids is 2. The summed E-state index contributed by atoms with van der Waals surface area (Å²) < 4.78 is 0. The zero-order valence-electron chi connectivity index (χ0n) is 16.8. The van der Waals surface area contributed by atoms with Crippen molar-refractivity contribution in [1.82, 2.24) is 10.2 Å². The van der Waals surface area contributed by atoms with Gasteiger partial charge in [-0.2, -0.15) is 0 Å². The Kier molecular flexibility index (Phi) is 6.90. The Labute approximate surface area is 171 Å². The van der Waals surface area contributed by atoms with Crippen molar-refractivity contribution in [2.24, 2.45) is 5.92 Å². The number of amides is 1. The highest BCUT2D eigenvalue weighted by Gasteiger charge is 2.48. The van der Waals surface area contributed by atoms with Crippen molar-refractivity contribution >= 4 is 17.8 Å². The number of aryl methyl sites for hydroxylation is 1. The second kappa shape index (κ2) is 9.39. The van der Waals surface area contributed by atoms with Crippen LogP contribution < -0.4 is 5.32 Å². The molecule has 0 aromatic heterocycles. The van der Waals surface area contributed by atoms with Gasteiger partial charge in [-0.1, -0.05) is 43.2 Å². The molecule has 0 radical (unpaired) electrons. The lowest BCUT2D eigenvalue weighted by atomic mass is 9.84. The molecule has 2 aliphatic rings. The van der Waals surface area contributed by atoms with E-state index in [-0.39, 0.29) is 17.9 Å². The van der Waals surface area contributed by atoms with Crippen LogP contribution in [-0.4, -0.2) is 57.1 Å². The number of likely N-dealkylation sites (tertiary alicyclic amines) is 1. The molecule has 1 amide bonds. The van der Waals surface area contributed by atoms with Gasteiger partial charge in [0.15, 0.2) is 0 Å². The second-order valence-corrected chi connectivity index (χ2v) is 8.25. The van der Waals surface area contributed by atoms with Crippen molar-refractivity contribution in [3.63, 3.8) is 0 Å². The third kappa shape index (κ3) is 4.96. The molecule has 2 fully saturated rings. The molecule has 0 spiro atoms. The maximum atomic E-state index is 13.2. The summed E-state index contributed by atoms with van der Waals surface area (Å²) in [5.41, 5.74) is 1.04. The largest absolute Gasteiger partial charge is 0.480 e. The zero-order valence-corrected chi connectivity index (χ0v) is 16.8. The van der Waals surface area contributed by atoms with Crippen LogP contribution in [0.5, 0.6) is 0 Å². The van der Waals surface area contributed by atoms with Crippen molar-refractivity contribution in [1.29, 1.82) is 0 Å². The summed E-state index contributed by atoms with van der Waals surface area (Å²) in [6.07, 6.45) is 5.27. The summed E-state index contributed by atoms with van der Waals surface area (Å²) in [5, 5.41) is 22.2. The number of nitrogens with zero attached hydrogens (tertiary/aromatic N) is 1. The van der Waals surface area contributed by atoms with Gasteiger partial charge in [-0.25, -0.2) is 4.79 Å². The molecule has 3 N–H and O–H groups in total. The molecule has 158 valence electrons. The third-order valence-electron chi connectivity index (χ3n) is 6.31. The van der Waals surface area contributed by atoms with Crippen LogP contribution in [0.2, 0.25) is 0 Å². The minimum Gasteiger partial charge on any atom is -0.480 e. The number of aliphatic carboxylic acids is 2. The molecule has 29 heavy (non-hydrogen) atoms. The fraction of sp³-hybridized carbons (Fsp3) is 0.591. The summed E-state index contributed by atoms with van der Waals surface area (Å²) >= 11 is 0. The molecule has 0 bridgehead atoms. The maximum absolute atomic E-state index is 13.2. The Morgan fingerprint density at radius 3 is 2.48 bits per heavy atom. The van der Waals surface area contributed by atoms with Crippen LogP contribution in [0.3, 0.4) is 0 Å². The monoisotopic (exact) mass is 402 g/mol.